The van der Waals surface area contributed by atoms with Crippen molar-refractivity contribution in [3.8, 4) is 0 Å². The highest BCUT2D eigenvalue weighted by molar-refractivity contribution is 6.30. The molecule has 0 bridgehead atoms. The molecule has 5 nitrogen and oxygen atoms in total. The van der Waals surface area contributed by atoms with Crippen LogP contribution in [0.3, 0.4) is 0 Å². The quantitative estimate of drug-likeness (QED) is 0.646. The molecule has 6 heteroatoms. The molecule has 0 aliphatic rings. The number of pyridine rings is 1. The van der Waals surface area contributed by atoms with Crippen molar-refractivity contribution in [3.05, 3.63) is 59.0 Å². The number of anilines is 2. The Balaban J connectivity index is 1.98. The van der Waals surface area contributed by atoms with Gasteiger partial charge in [0, 0.05) is 22.8 Å². The van der Waals surface area contributed by atoms with Gasteiger partial charge in [0.1, 0.15) is 0 Å². The summed E-state index contributed by atoms with van der Waals surface area (Å²) >= 11 is 5.80. The lowest BCUT2D eigenvalue weighted by molar-refractivity contribution is -0.605. The third kappa shape index (κ3) is 3.36. The molecule has 0 aliphatic carbocycles. The first kappa shape index (κ1) is 12.2. The van der Waals surface area contributed by atoms with E-state index >= 15 is 0 Å². The molecule has 1 aromatic carbocycles. The van der Waals surface area contributed by atoms with Gasteiger partial charge in [-0.15, -0.1) is 0 Å². The van der Waals surface area contributed by atoms with Crippen molar-refractivity contribution in [1.29, 1.82) is 0 Å². The predicted molar refractivity (Wildman–Crippen MR) is 69.5 cm³/mol. The fourth-order valence-corrected chi connectivity index (χ4v) is 1.55. The van der Waals surface area contributed by atoms with Crippen LogP contribution in [0.2, 0.25) is 5.02 Å². The van der Waals surface area contributed by atoms with Crippen LogP contribution in [0.1, 0.15) is 0 Å². The van der Waals surface area contributed by atoms with Gasteiger partial charge in [-0.05, 0) is 18.2 Å². The van der Waals surface area contributed by atoms with Gasteiger partial charge in [0.05, 0.1) is 5.69 Å². The smallest absolute Gasteiger partial charge is 0.323 e. The molecule has 2 rings (SSSR count). The van der Waals surface area contributed by atoms with Gasteiger partial charge in [-0.1, -0.05) is 17.7 Å². The van der Waals surface area contributed by atoms with Crippen molar-refractivity contribution >= 4 is 29.0 Å². The van der Waals surface area contributed by atoms with E-state index in [1.165, 1.54) is 24.5 Å². The van der Waals surface area contributed by atoms with E-state index in [2.05, 4.69) is 10.6 Å². The maximum Gasteiger partial charge on any atom is 0.323 e. The summed E-state index contributed by atoms with van der Waals surface area (Å²) in [4.78, 5) is 11.6. The summed E-state index contributed by atoms with van der Waals surface area (Å²) in [6.07, 6.45) is 2.60. The van der Waals surface area contributed by atoms with Crippen LogP contribution in [0, 0.1) is 5.21 Å². The number of hydrogen-bond donors (Lipinski definition) is 2. The second-order valence-corrected chi connectivity index (χ2v) is 3.97. The highest BCUT2D eigenvalue weighted by Gasteiger charge is 2.03. The zero-order valence-electron chi connectivity index (χ0n) is 9.26. The summed E-state index contributed by atoms with van der Waals surface area (Å²) < 4.78 is 0.639. The average molecular weight is 264 g/mol. The van der Waals surface area contributed by atoms with Crippen LogP contribution in [0.15, 0.2) is 48.8 Å². The molecule has 0 spiro atoms. The normalized spacial score (nSPS) is 9.83. The number of benzene rings is 1. The Morgan fingerprint density at radius 2 is 1.78 bits per heavy atom. The molecule has 0 atom stereocenters. The van der Waals surface area contributed by atoms with E-state index in [1.54, 1.807) is 24.3 Å². The zero-order valence-corrected chi connectivity index (χ0v) is 10.0. The highest BCUT2D eigenvalue weighted by Crippen LogP contribution is 2.15. The van der Waals surface area contributed by atoms with E-state index in [0.717, 1.165) is 0 Å². The Hall–Kier alpha value is -2.27. The second-order valence-electron chi connectivity index (χ2n) is 3.54. The van der Waals surface area contributed by atoms with Crippen molar-refractivity contribution in [1.82, 2.24) is 0 Å². The molecule has 1 heterocycles. The van der Waals surface area contributed by atoms with Gasteiger partial charge in [-0.3, -0.25) is 0 Å². The molecular formula is C12H10ClN3O2. The number of carbonyl (C=O) groups excluding carboxylic acids is 1. The number of urea groups is 1. The van der Waals surface area contributed by atoms with Gasteiger partial charge in [0.2, 0.25) is 0 Å². The molecule has 0 radical (unpaired) electrons. The van der Waals surface area contributed by atoms with Crippen molar-refractivity contribution in [2.24, 2.45) is 0 Å². The number of halogens is 1. The van der Waals surface area contributed by atoms with Gasteiger partial charge in [0.25, 0.3) is 0 Å². The molecule has 0 aliphatic heterocycles. The van der Waals surface area contributed by atoms with E-state index in [1.807, 2.05) is 0 Å². The number of amides is 2. The Morgan fingerprint density at radius 3 is 2.44 bits per heavy atom. The molecule has 0 saturated heterocycles. The molecule has 2 aromatic rings. The maximum absolute atomic E-state index is 11.6. The lowest BCUT2D eigenvalue weighted by Crippen LogP contribution is -2.25. The maximum atomic E-state index is 11.6. The fourth-order valence-electron chi connectivity index (χ4n) is 1.36. The minimum Gasteiger partial charge on any atom is -0.619 e. The highest BCUT2D eigenvalue weighted by atomic mass is 35.5. The minimum absolute atomic E-state index is 0.402. The summed E-state index contributed by atoms with van der Waals surface area (Å²) in [6.45, 7) is 0. The van der Waals surface area contributed by atoms with E-state index < -0.39 is 6.03 Å². The average Bonchev–Trinajstić information content (AvgIpc) is 2.32. The molecule has 0 unspecified atom stereocenters. The van der Waals surface area contributed by atoms with Crippen molar-refractivity contribution in [3.63, 3.8) is 0 Å². The molecule has 2 amide bonds. The SMILES string of the molecule is O=C(Nc1cc[n+]([O-])cc1)Nc1cccc(Cl)c1. The molecule has 18 heavy (non-hydrogen) atoms. The summed E-state index contributed by atoms with van der Waals surface area (Å²) in [5.41, 5.74) is 1.12. The van der Waals surface area contributed by atoms with Gasteiger partial charge < -0.3 is 15.8 Å². The largest absolute Gasteiger partial charge is 0.619 e. The molecule has 2 N–H and O–H groups in total. The molecular weight excluding hydrogens is 254 g/mol. The first-order valence-electron chi connectivity index (χ1n) is 5.16. The van der Waals surface area contributed by atoms with E-state index in [4.69, 9.17) is 11.6 Å². The number of nitrogens with one attached hydrogen (secondary N) is 2. The number of nitrogens with zero attached hydrogens (tertiary/aromatic N) is 1. The predicted octanol–water partition coefficient (Wildman–Crippen LogP) is 2.62. The Morgan fingerprint density at radius 1 is 1.11 bits per heavy atom. The van der Waals surface area contributed by atoms with E-state index in [0.29, 0.717) is 21.1 Å². The Kier molecular flexibility index (Phi) is 3.64. The van der Waals surface area contributed by atoms with Crippen LogP contribution in [-0.2, 0) is 0 Å². The minimum atomic E-state index is -0.402. The summed E-state index contributed by atoms with van der Waals surface area (Å²) in [5, 5.41) is 16.6. The topological polar surface area (TPSA) is 68.1 Å². The number of rotatable bonds is 2. The van der Waals surface area contributed by atoms with Gasteiger partial charge in [0.15, 0.2) is 12.4 Å². The van der Waals surface area contributed by atoms with Gasteiger partial charge >= 0.3 is 6.03 Å². The van der Waals surface area contributed by atoms with E-state index in [-0.39, 0.29) is 0 Å². The van der Waals surface area contributed by atoms with Crippen LogP contribution >= 0.6 is 11.6 Å². The molecule has 1 aromatic heterocycles. The third-order valence-corrected chi connectivity index (χ3v) is 2.38. The van der Waals surface area contributed by atoms with Crippen molar-refractivity contribution in [2.75, 3.05) is 10.6 Å². The number of carbonyl (C=O) groups is 1. The molecule has 92 valence electrons. The number of hydrogen-bond acceptors (Lipinski definition) is 2. The first-order valence-corrected chi connectivity index (χ1v) is 5.54. The van der Waals surface area contributed by atoms with Crippen LogP contribution in [0.5, 0.6) is 0 Å². The lowest BCUT2D eigenvalue weighted by atomic mass is 10.3. The summed E-state index contributed by atoms with van der Waals surface area (Å²) in [7, 11) is 0. The lowest BCUT2D eigenvalue weighted by Gasteiger charge is -2.07. The molecule has 0 saturated carbocycles. The zero-order chi connectivity index (χ0) is 13.0. The molecule has 0 fully saturated rings. The van der Waals surface area contributed by atoms with Crippen LogP contribution in [-0.4, -0.2) is 6.03 Å². The van der Waals surface area contributed by atoms with Crippen LogP contribution in [0.25, 0.3) is 0 Å². The third-order valence-electron chi connectivity index (χ3n) is 2.14. The van der Waals surface area contributed by atoms with Crippen molar-refractivity contribution in [2.45, 2.75) is 0 Å². The van der Waals surface area contributed by atoms with Crippen LogP contribution in [0.4, 0.5) is 16.2 Å². The van der Waals surface area contributed by atoms with E-state index in [9.17, 15) is 10.0 Å². The van der Waals surface area contributed by atoms with Crippen molar-refractivity contribution < 1.29 is 9.52 Å². The first-order chi connectivity index (χ1) is 8.63. The second kappa shape index (κ2) is 5.37. The monoisotopic (exact) mass is 263 g/mol. The van der Waals surface area contributed by atoms with Gasteiger partial charge in [-0.25, -0.2) is 4.79 Å². The van der Waals surface area contributed by atoms with Gasteiger partial charge in [-0.2, -0.15) is 4.73 Å². The standard InChI is InChI=1S/C12H10ClN3O2/c13-9-2-1-3-11(8-9)15-12(17)14-10-4-6-16(18)7-5-10/h1-8H,(H2,14,15,17). The van der Waals surface area contributed by atoms with Crippen LogP contribution < -0.4 is 15.4 Å². The Labute approximate surface area is 109 Å². The summed E-state index contributed by atoms with van der Waals surface area (Å²) in [5.74, 6) is 0. The Bertz CT molecular complexity index is 558. The fraction of sp³-hybridized carbons (Fsp3) is 0. The number of aromatic nitrogens is 1. The summed E-state index contributed by atoms with van der Waals surface area (Å²) in [6, 6.07) is 9.42.